The van der Waals surface area contributed by atoms with E-state index in [1.807, 2.05) is 42.6 Å². The lowest BCUT2D eigenvalue weighted by Gasteiger charge is -2.11. The molecule has 0 amide bonds. The highest BCUT2D eigenvalue weighted by Gasteiger charge is 2.14. The molecule has 0 radical (unpaired) electrons. The SMILES string of the molecule is CCc1ccc(CCOc2ccc(OC)cc2/C=C/CCC(OC)C(=O)O)nc1. The summed E-state index contributed by atoms with van der Waals surface area (Å²) in [5.41, 5.74) is 3.09. The topological polar surface area (TPSA) is 77.9 Å². The molecule has 0 aliphatic heterocycles. The monoisotopic (exact) mass is 399 g/mol. The summed E-state index contributed by atoms with van der Waals surface area (Å²) >= 11 is 0. The summed E-state index contributed by atoms with van der Waals surface area (Å²) in [5, 5.41) is 9.03. The Hall–Kier alpha value is -2.86. The fraction of sp³-hybridized carbons (Fsp3) is 0.391. The van der Waals surface area contributed by atoms with Crippen molar-refractivity contribution in [1.82, 2.24) is 4.98 Å². The van der Waals surface area contributed by atoms with E-state index in [1.165, 1.54) is 12.7 Å². The van der Waals surface area contributed by atoms with Gasteiger partial charge in [-0.3, -0.25) is 4.98 Å². The van der Waals surface area contributed by atoms with Crippen LogP contribution in [0.3, 0.4) is 0 Å². The number of carboxylic acids is 1. The molecular weight excluding hydrogens is 370 g/mol. The number of ether oxygens (including phenoxy) is 3. The van der Waals surface area contributed by atoms with Crippen molar-refractivity contribution in [1.29, 1.82) is 0 Å². The van der Waals surface area contributed by atoms with E-state index in [1.54, 1.807) is 7.11 Å². The zero-order valence-electron chi connectivity index (χ0n) is 17.3. The molecule has 2 rings (SSSR count). The number of hydrogen-bond donors (Lipinski definition) is 1. The molecule has 0 fully saturated rings. The number of aryl methyl sites for hydroxylation is 1. The first-order valence-electron chi connectivity index (χ1n) is 9.74. The standard InChI is InChI=1S/C23H29NO5/c1-4-17-9-10-19(24-16-17)13-14-29-21-12-11-20(27-2)15-18(21)7-5-6-8-22(28-3)23(25)26/h5,7,9-12,15-16,22H,4,6,8,13-14H2,1-3H3,(H,25,26)/b7-5+. The second-order valence-corrected chi connectivity index (χ2v) is 6.56. The lowest BCUT2D eigenvalue weighted by atomic mass is 10.1. The number of nitrogens with zero attached hydrogens (tertiary/aromatic N) is 1. The summed E-state index contributed by atoms with van der Waals surface area (Å²) < 4.78 is 16.2. The number of rotatable bonds is 12. The summed E-state index contributed by atoms with van der Waals surface area (Å²) in [6.45, 7) is 2.62. The number of carboxylic acid groups (broad SMARTS) is 1. The van der Waals surface area contributed by atoms with Crippen molar-refractivity contribution in [2.45, 2.75) is 38.7 Å². The Morgan fingerprint density at radius 3 is 2.69 bits per heavy atom. The van der Waals surface area contributed by atoms with Gasteiger partial charge in [-0.25, -0.2) is 4.79 Å². The zero-order valence-corrected chi connectivity index (χ0v) is 17.3. The van der Waals surface area contributed by atoms with Crippen molar-refractivity contribution in [2.75, 3.05) is 20.8 Å². The smallest absolute Gasteiger partial charge is 0.332 e. The van der Waals surface area contributed by atoms with Gasteiger partial charge in [0.05, 0.1) is 13.7 Å². The van der Waals surface area contributed by atoms with Crippen molar-refractivity contribution in [3.8, 4) is 11.5 Å². The Morgan fingerprint density at radius 1 is 1.24 bits per heavy atom. The maximum atomic E-state index is 11.0. The fourth-order valence-corrected chi connectivity index (χ4v) is 2.79. The average molecular weight is 399 g/mol. The second-order valence-electron chi connectivity index (χ2n) is 6.56. The molecular formula is C23H29NO5. The molecule has 0 bridgehead atoms. The number of methoxy groups -OCH3 is 2. The first kappa shape index (κ1) is 22.4. The molecule has 1 N–H and O–H groups in total. The molecule has 0 saturated heterocycles. The number of carbonyl (C=O) groups is 1. The van der Waals surface area contributed by atoms with Crippen molar-refractivity contribution in [3.63, 3.8) is 0 Å². The van der Waals surface area contributed by atoms with Gasteiger partial charge in [-0.05, 0) is 49.1 Å². The van der Waals surface area contributed by atoms with E-state index in [0.29, 0.717) is 25.9 Å². The van der Waals surface area contributed by atoms with Crippen LogP contribution >= 0.6 is 0 Å². The predicted octanol–water partition coefficient (Wildman–Crippen LogP) is 4.17. The van der Waals surface area contributed by atoms with E-state index >= 15 is 0 Å². The highest BCUT2D eigenvalue weighted by molar-refractivity contribution is 5.72. The molecule has 1 aromatic carbocycles. The van der Waals surface area contributed by atoms with E-state index < -0.39 is 12.1 Å². The second kappa shape index (κ2) is 11.9. The molecule has 1 unspecified atom stereocenters. The third-order valence-electron chi connectivity index (χ3n) is 4.58. The Morgan fingerprint density at radius 2 is 2.07 bits per heavy atom. The van der Waals surface area contributed by atoms with Gasteiger partial charge in [-0.15, -0.1) is 0 Å². The van der Waals surface area contributed by atoms with Gasteiger partial charge in [0.1, 0.15) is 11.5 Å². The summed E-state index contributed by atoms with van der Waals surface area (Å²) in [6, 6.07) is 9.75. The van der Waals surface area contributed by atoms with Crippen LogP contribution in [0.5, 0.6) is 11.5 Å². The van der Waals surface area contributed by atoms with Crippen LogP contribution in [0.25, 0.3) is 6.08 Å². The first-order chi connectivity index (χ1) is 14.1. The molecule has 1 heterocycles. The number of pyridine rings is 1. The Balaban J connectivity index is 1.97. The number of benzene rings is 1. The van der Waals surface area contributed by atoms with Crippen molar-refractivity contribution in [3.05, 3.63) is 59.4 Å². The minimum absolute atomic E-state index is 0.405. The molecule has 0 aliphatic rings. The van der Waals surface area contributed by atoms with Crippen LogP contribution in [0.15, 0.2) is 42.6 Å². The lowest BCUT2D eigenvalue weighted by Crippen LogP contribution is -2.21. The van der Waals surface area contributed by atoms with Crippen LogP contribution < -0.4 is 9.47 Å². The normalized spacial score (nSPS) is 12.1. The molecule has 6 nitrogen and oxygen atoms in total. The molecule has 29 heavy (non-hydrogen) atoms. The summed E-state index contributed by atoms with van der Waals surface area (Å²) in [5.74, 6) is 0.523. The molecule has 0 aliphatic carbocycles. The maximum absolute atomic E-state index is 11.0. The highest BCUT2D eigenvalue weighted by Crippen LogP contribution is 2.26. The molecule has 2 aromatic rings. The predicted molar refractivity (Wildman–Crippen MR) is 113 cm³/mol. The quantitative estimate of drug-likeness (QED) is 0.577. The van der Waals surface area contributed by atoms with Gasteiger partial charge < -0.3 is 19.3 Å². The third-order valence-corrected chi connectivity index (χ3v) is 4.58. The van der Waals surface area contributed by atoms with Gasteiger partial charge in [0.25, 0.3) is 0 Å². The Kier molecular flexibility index (Phi) is 9.18. The van der Waals surface area contributed by atoms with E-state index in [-0.39, 0.29) is 0 Å². The van der Waals surface area contributed by atoms with Crippen LogP contribution in [0.4, 0.5) is 0 Å². The Labute approximate surface area is 172 Å². The minimum Gasteiger partial charge on any atom is -0.497 e. The van der Waals surface area contributed by atoms with Crippen LogP contribution in [-0.2, 0) is 22.4 Å². The fourth-order valence-electron chi connectivity index (χ4n) is 2.79. The van der Waals surface area contributed by atoms with Crippen molar-refractivity contribution < 1.29 is 24.1 Å². The molecule has 0 spiro atoms. The van der Waals surface area contributed by atoms with Gasteiger partial charge in [0.2, 0.25) is 0 Å². The van der Waals surface area contributed by atoms with Crippen molar-refractivity contribution in [2.24, 2.45) is 0 Å². The number of allylic oxidation sites excluding steroid dienone is 1. The zero-order chi connectivity index (χ0) is 21.1. The van der Waals surface area contributed by atoms with E-state index in [2.05, 4.69) is 18.0 Å². The Bertz CT molecular complexity index is 801. The number of aliphatic carboxylic acids is 1. The average Bonchev–Trinajstić information content (AvgIpc) is 2.74. The van der Waals surface area contributed by atoms with E-state index in [9.17, 15) is 4.79 Å². The molecule has 1 aromatic heterocycles. The van der Waals surface area contributed by atoms with Gasteiger partial charge in [-0.2, -0.15) is 0 Å². The van der Waals surface area contributed by atoms with Crippen molar-refractivity contribution >= 4 is 12.0 Å². The van der Waals surface area contributed by atoms with E-state index in [0.717, 1.165) is 29.2 Å². The largest absolute Gasteiger partial charge is 0.497 e. The van der Waals surface area contributed by atoms with Gasteiger partial charge in [0, 0.05) is 31.0 Å². The van der Waals surface area contributed by atoms with Crippen LogP contribution in [0.2, 0.25) is 0 Å². The third kappa shape index (κ3) is 7.23. The summed E-state index contributed by atoms with van der Waals surface area (Å²) in [6.07, 6.45) is 7.61. The number of hydrogen-bond acceptors (Lipinski definition) is 5. The maximum Gasteiger partial charge on any atom is 0.332 e. The highest BCUT2D eigenvalue weighted by atomic mass is 16.5. The molecule has 1 atom stereocenters. The summed E-state index contributed by atoms with van der Waals surface area (Å²) in [4.78, 5) is 15.5. The van der Waals surface area contributed by atoms with Gasteiger partial charge in [0.15, 0.2) is 6.10 Å². The minimum atomic E-state index is -0.952. The lowest BCUT2D eigenvalue weighted by molar-refractivity contribution is -0.148. The number of aromatic nitrogens is 1. The van der Waals surface area contributed by atoms with Gasteiger partial charge in [-0.1, -0.05) is 25.1 Å². The molecule has 156 valence electrons. The summed E-state index contributed by atoms with van der Waals surface area (Å²) in [7, 11) is 3.02. The van der Waals surface area contributed by atoms with Crippen LogP contribution in [0.1, 0.15) is 36.6 Å². The van der Waals surface area contributed by atoms with Gasteiger partial charge >= 0.3 is 5.97 Å². The first-order valence-corrected chi connectivity index (χ1v) is 9.74. The molecule has 6 heteroatoms. The molecule has 0 saturated carbocycles. The van der Waals surface area contributed by atoms with E-state index in [4.69, 9.17) is 19.3 Å². The van der Waals surface area contributed by atoms with Crippen LogP contribution in [0, 0.1) is 0 Å². The van der Waals surface area contributed by atoms with Crippen LogP contribution in [-0.4, -0.2) is 43.0 Å².